The van der Waals surface area contributed by atoms with Crippen molar-refractivity contribution in [2.75, 3.05) is 0 Å². The normalized spacial score (nSPS) is 8.14. The van der Waals surface area contributed by atoms with Gasteiger partial charge in [-0.2, -0.15) is 0 Å². The Bertz CT molecular complexity index is 94.3. The molecule has 2 nitrogen and oxygen atoms in total. The standard InChI is InChI=1S/C5H10N2/c1-3-4(2)5(6)7/h2-3H2,1H3,(H3,6,7). The van der Waals surface area contributed by atoms with Gasteiger partial charge in [0.1, 0.15) is 5.84 Å². The summed E-state index contributed by atoms with van der Waals surface area (Å²) in [6.45, 7) is 5.44. The summed E-state index contributed by atoms with van der Waals surface area (Å²) in [7, 11) is 0. The van der Waals surface area contributed by atoms with Crippen molar-refractivity contribution < 1.29 is 0 Å². The summed E-state index contributed by atoms with van der Waals surface area (Å²) in [5, 5.41) is 6.78. The van der Waals surface area contributed by atoms with Crippen molar-refractivity contribution in [3.8, 4) is 0 Å². The highest BCUT2D eigenvalue weighted by molar-refractivity contribution is 5.93. The Morgan fingerprint density at radius 2 is 2.29 bits per heavy atom. The molecule has 0 radical (unpaired) electrons. The van der Waals surface area contributed by atoms with Gasteiger partial charge in [-0.3, -0.25) is 5.41 Å². The molecule has 0 aromatic rings. The van der Waals surface area contributed by atoms with E-state index >= 15 is 0 Å². The van der Waals surface area contributed by atoms with E-state index in [9.17, 15) is 0 Å². The van der Waals surface area contributed by atoms with Crippen LogP contribution in [0.1, 0.15) is 13.3 Å². The van der Waals surface area contributed by atoms with Gasteiger partial charge in [0.15, 0.2) is 0 Å². The van der Waals surface area contributed by atoms with Crippen LogP contribution in [0, 0.1) is 5.41 Å². The maximum atomic E-state index is 6.78. The lowest BCUT2D eigenvalue weighted by atomic mass is 10.2. The van der Waals surface area contributed by atoms with Crippen molar-refractivity contribution in [2.45, 2.75) is 13.3 Å². The molecule has 40 valence electrons. The third-order valence-electron chi connectivity index (χ3n) is 0.808. The quantitative estimate of drug-likeness (QED) is 0.391. The van der Waals surface area contributed by atoms with Crippen molar-refractivity contribution in [3.63, 3.8) is 0 Å². The highest BCUT2D eigenvalue weighted by atomic mass is 14.7. The van der Waals surface area contributed by atoms with Gasteiger partial charge >= 0.3 is 0 Å². The molecule has 0 aromatic heterocycles. The summed E-state index contributed by atoms with van der Waals surface area (Å²) in [4.78, 5) is 0. The summed E-state index contributed by atoms with van der Waals surface area (Å²) in [5.41, 5.74) is 5.74. The highest BCUT2D eigenvalue weighted by Gasteiger charge is 1.88. The van der Waals surface area contributed by atoms with E-state index in [1.807, 2.05) is 6.92 Å². The van der Waals surface area contributed by atoms with Gasteiger partial charge in [-0.25, -0.2) is 0 Å². The molecule has 7 heavy (non-hydrogen) atoms. The van der Waals surface area contributed by atoms with Gasteiger partial charge in [-0.05, 0) is 12.0 Å². The maximum Gasteiger partial charge on any atom is 0.117 e. The Hall–Kier alpha value is -0.790. The molecular weight excluding hydrogens is 88.1 g/mol. The average molecular weight is 98.1 g/mol. The second kappa shape index (κ2) is 2.39. The molecule has 0 atom stereocenters. The summed E-state index contributed by atoms with van der Waals surface area (Å²) in [6, 6.07) is 0. The fourth-order valence-electron chi connectivity index (χ4n) is 0.190. The van der Waals surface area contributed by atoms with Crippen molar-refractivity contribution in [1.29, 1.82) is 5.41 Å². The van der Waals surface area contributed by atoms with Crippen LogP contribution in [0.25, 0.3) is 0 Å². The van der Waals surface area contributed by atoms with E-state index in [2.05, 4.69) is 6.58 Å². The molecule has 0 saturated heterocycles. The first-order valence-corrected chi connectivity index (χ1v) is 2.20. The lowest BCUT2D eigenvalue weighted by Crippen LogP contribution is -2.10. The molecule has 0 aliphatic carbocycles. The number of nitrogens with one attached hydrogen (secondary N) is 1. The van der Waals surface area contributed by atoms with Crippen molar-refractivity contribution in [3.05, 3.63) is 12.2 Å². The monoisotopic (exact) mass is 98.1 g/mol. The van der Waals surface area contributed by atoms with Gasteiger partial charge in [0, 0.05) is 0 Å². The molecule has 0 aliphatic heterocycles. The Morgan fingerprint density at radius 3 is 2.29 bits per heavy atom. The summed E-state index contributed by atoms with van der Waals surface area (Å²) >= 11 is 0. The maximum absolute atomic E-state index is 6.78. The predicted octanol–water partition coefficient (Wildman–Crippen LogP) is 0.889. The fraction of sp³-hybridized carbons (Fsp3) is 0.400. The van der Waals surface area contributed by atoms with Crippen LogP contribution in [0.2, 0.25) is 0 Å². The average Bonchev–Trinajstić information content (AvgIpc) is 1.65. The Balaban J connectivity index is 3.58. The molecule has 0 bridgehead atoms. The van der Waals surface area contributed by atoms with Crippen molar-refractivity contribution in [1.82, 2.24) is 0 Å². The molecule has 0 saturated carbocycles. The summed E-state index contributed by atoms with van der Waals surface area (Å²) in [6.07, 6.45) is 0.773. The van der Waals surface area contributed by atoms with Crippen LogP contribution in [0.5, 0.6) is 0 Å². The van der Waals surface area contributed by atoms with E-state index in [4.69, 9.17) is 11.1 Å². The van der Waals surface area contributed by atoms with E-state index < -0.39 is 0 Å². The minimum Gasteiger partial charge on any atom is -0.384 e. The van der Waals surface area contributed by atoms with Gasteiger partial charge in [0.2, 0.25) is 0 Å². The van der Waals surface area contributed by atoms with Crippen LogP contribution < -0.4 is 5.73 Å². The van der Waals surface area contributed by atoms with E-state index in [-0.39, 0.29) is 5.84 Å². The lowest BCUT2D eigenvalue weighted by Gasteiger charge is -1.93. The van der Waals surface area contributed by atoms with Crippen molar-refractivity contribution in [2.24, 2.45) is 5.73 Å². The number of rotatable bonds is 2. The molecule has 0 unspecified atom stereocenters. The molecule has 0 aromatic carbocycles. The number of hydrogen-bond donors (Lipinski definition) is 2. The van der Waals surface area contributed by atoms with Crippen LogP contribution in [0.3, 0.4) is 0 Å². The third-order valence-corrected chi connectivity index (χ3v) is 0.808. The van der Waals surface area contributed by atoms with Crippen molar-refractivity contribution >= 4 is 5.84 Å². The minimum absolute atomic E-state index is 0.0995. The van der Waals surface area contributed by atoms with Crippen LogP contribution in [-0.2, 0) is 0 Å². The molecule has 0 fully saturated rings. The van der Waals surface area contributed by atoms with Crippen LogP contribution in [0.15, 0.2) is 12.2 Å². The van der Waals surface area contributed by atoms with Gasteiger partial charge in [0.05, 0.1) is 0 Å². The predicted molar refractivity (Wildman–Crippen MR) is 31.3 cm³/mol. The Kier molecular flexibility index (Phi) is 2.12. The van der Waals surface area contributed by atoms with E-state index in [1.54, 1.807) is 0 Å². The number of nitrogens with two attached hydrogens (primary N) is 1. The summed E-state index contributed by atoms with van der Waals surface area (Å²) in [5.74, 6) is 0.0995. The fourth-order valence-corrected chi connectivity index (χ4v) is 0.190. The largest absolute Gasteiger partial charge is 0.384 e. The van der Waals surface area contributed by atoms with Crippen LogP contribution >= 0.6 is 0 Å². The first-order valence-electron chi connectivity index (χ1n) is 2.20. The highest BCUT2D eigenvalue weighted by Crippen LogP contribution is 1.91. The smallest absolute Gasteiger partial charge is 0.117 e. The van der Waals surface area contributed by atoms with Gasteiger partial charge < -0.3 is 5.73 Å². The van der Waals surface area contributed by atoms with Gasteiger partial charge in [-0.1, -0.05) is 13.5 Å². The molecule has 0 rings (SSSR count). The first kappa shape index (κ1) is 6.21. The molecule has 0 aliphatic rings. The van der Waals surface area contributed by atoms with E-state index in [0.717, 1.165) is 6.42 Å². The molecule has 3 N–H and O–H groups in total. The lowest BCUT2D eigenvalue weighted by molar-refractivity contribution is 1.16. The third kappa shape index (κ3) is 1.98. The molecule has 0 heterocycles. The second-order valence-corrected chi connectivity index (χ2v) is 1.37. The molecule has 0 spiro atoms. The zero-order valence-electron chi connectivity index (χ0n) is 4.49. The van der Waals surface area contributed by atoms with Gasteiger partial charge in [-0.15, -0.1) is 0 Å². The SMILES string of the molecule is C=C(CC)C(=N)N. The molecule has 2 heteroatoms. The number of hydrogen-bond acceptors (Lipinski definition) is 1. The zero-order valence-corrected chi connectivity index (χ0v) is 4.49. The summed E-state index contributed by atoms with van der Waals surface area (Å²) < 4.78 is 0. The zero-order chi connectivity index (χ0) is 5.86. The van der Waals surface area contributed by atoms with E-state index in [1.165, 1.54) is 0 Å². The topological polar surface area (TPSA) is 49.9 Å². The minimum atomic E-state index is 0.0995. The van der Waals surface area contributed by atoms with Crippen LogP contribution in [-0.4, -0.2) is 5.84 Å². The van der Waals surface area contributed by atoms with Crippen LogP contribution in [0.4, 0.5) is 0 Å². The second-order valence-electron chi connectivity index (χ2n) is 1.37. The number of amidine groups is 1. The first-order chi connectivity index (χ1) is 3.18. The molecule has 0 amide bonds. The molecular formula is C5H10N2. The Morgan fingerprint density at radius 1 is 1.86 bits per heavy atom. The Labute approximate surface area is 43.5 Å². The van der Waals surface area contributed by atoms with Gasteiger partial charge in [0.25, 0.3) is 0 Å². The van der Waals surface area contributed by atoms with E-state index in [0.29, 0.717) is 5.57 Å².